The molecule has 0 aromatic heterocycles. The van der Waals surface area contributed by atoms with Gasteiger partial charge in [0, 0.05) is 36.1 Å². The Labute approximate surface area is 224 Å². The van der Waals surface area contributed by atoms with Gasteiger partial charge in [0.2, 0.25) is 5.91 Å². The Bertz CT molecular complexity index is 1250. The summed E-state index contributed by atoms with van der Waals surface area (Å²) in [5.74, 6) is -0.0712. The molecule has 1 heterocycles. The summed E-state index contributed by atoms with van der Waals surface area (Å²) in [6.45, 7) is 1.98. The number of quaternary nitrogens is 1. The van der Waals surface area contributed by atoms with Gasteiger partial charge in [-0.1, -0.05) is 36.4 Å². The standard InChI is InChI=1S/C31H35N3O4/c1-34(2)19-17-27(18-20-34)38-31(37)33-29-16-13-23(21-28(29)25-8-4-3-5-9-25)7-6-10-30(36)32-26-14-11-24(22-35)12-15-26/h3-5,8-9,11-16,21-22,27H,6-7,10,17-20H2,1-2H3,(H-,32,33,35,36,37)/p+1. The fraction of sp³-hybridized carbons (Fsp3) is 0.323. The number of carbonyl (C=O) groups is 3. The third-order valence-corrected chi connectivity index (χ3v) is 6.99. The molecule has 1 aliphatic heterocycles. The summed E-state index contributed by atoms with van der Waals surface area (Å²) in [5.41, 5.74) is 4.94. The number of rotatable bonds is 9. The van der Waals surface area contributed by atoms with E-state index in [4.69, 9.17) is 4.74 Å². The molecular weight excluding hydrogens is 478 g/mol. The molecule has 3 aromatic carbocycles. The van der Waals surface area contributed by atoms with E-state index in [1.807, 2.05) is 42.5 Å². The van der Waals surface area contributed by atoms with Crippen LogP contribution >= 0.6 is 0 Å². The van der Waals surface area contributed by atoms with Crippen LogP contribution in [0.1, 0.15) is 41.6 Å². The minimum Gasteiger partial charge on any atom is -0.446 e. The maximum absolute atomic E-state index is 12.7. The van der Waals surface area contributed by atoms with E-state index in [0.717, 1.165) is 59.8 Å². The number of aryl methyl sites for hydroxylation is 1. The van der Waals surface area contributed by atoms with E-state index < -0.39 is 6.09 Å². The van der Waals surface area contributed by atoms with E-state index in [-0.39, 0.29) is 12.0 Å². The zero-order valence-electron chi connectivity index (χ0n) is 22.1. The van der Waals surface area contributed by atoms with Crippen molar-refractivity contribution in [2.24, 2.45) is 0 Å². The molecule has 7 heteroatoms. The van der Waals surface area contributed by atoms with Gasteiger partial charge in [0.05, 0.1) is 32.9 Å². The Morgan fingerprint density at radius 1 is 0.947 bits per heavy atom. The van der Waals surface area contributed by atoms with Crippen LogP contribution in [0.25, 0.3) is 11.1 Å². The van der Waals surface area contributed by atoms with Crippen LogP contribution in [0.5, 0.6) is 0 Å². The van der Waals surface area contributed by atoms with Crippen LogP contribution in [-0.2, 0) is 16.0 Å². The number of nitrogens with one attached hydrogen (secondary N) is 2. The molecule has 1 aliphatic rings. The average Bonchev–Trinajstić information content (AvgIpc) is 2.91. The summed E-state index contributed by atoms with van der Waals surface area (Å²) in [6.07, 6.45) is 3.79. The molecule has 0 radical (unpaired) electrons. The predicted octanol–water partition coefficient (Wildman–Crippen LogP) is 5.91. The third-order valence-electron chi connectivity index (χ3n) is 6.99. The number of hydrogen-bond acceptors (Lipinski definition) is 4. The highest BCUT2D eigenvalue weighted by Crippen LogP contribution is 2.30. The minimum atomic E-state index is -0.426. The minimum absolute atomic E-state index is 0.0605. The molecule has 0 spiro atoms. The fourth-order valence-electron chi connectivity index (χ4n) is 4.69. The maximum Gasteiger partial charge on any atom is 0.411 e. The highest BCUT2D eigenvalue weighted by atomic mass is 16.6. The Balaban J connectivity index is 1.36. The van der Waals surface area contributed by atoms with Crippen molar-refractivity contribution < 1.29 is 23.6 Å². The lowest BCUT2D eigenvalue weighted by Gasteiger charge is -2.36. The number of carbonyl (C=O) groups excluding carboxylic acids is 3. The van der Waals surface area contributed by atoms with Crippen molar-refractivity contribution in [1.82, 2.24) is 0 Å². The third kappa shape index (κ3) is 7.76. The molecule has 3 aromatic rings. The van der Waals surface area contributed by atoms with E-state index >= 15 is 0 Å². The van der Waals surface area contributed by atoms with Crippen LogP contribution in [0.4, 0.5) is 16.2 Å². The van der Waals surface area contributed by atoms with Gasteiger partial charge in [0.25, 0.3) is 0 Å². The summed E-state index contributed by atoms with van der Waals surface area (Å²) in [6, 6.07) is 22.7. The number of aldehydes is 1. The van der Waals surface area contributed by atoms with Gasteiger partial charge < -0.3 is 14.5 Å². The lowest BCUT2D eigenvalue weighted by Crippen LogP contribution is -2.48. The van der Waals surface area contributed by atoms with Crippen molar-refractivity contribution in [3.05, 3.63) is 83.9 Å². The SMILES string of the molecule is C[N+]1(C)CCC(OC(=O)Nc2ccc(CCCC(=O)Nc3ccc(C=O)cc3)cc2-c2ccccc2)CC1. The molecule has 0 aliphatic carbocycles. The first-order valence-corrected chi connectivity index (χ1v) is 13.1. The van der Waals surface area contributed by atoms with Gasteiger partial charge in [-0.05, 0) is 60.4 Å². The second-order valence-electron chi connectivity index (χ2n) is 10.5. The van der Waals surface area contributed by atoms with Gasteiger partial charge in [-0.25, -0.2) is 4.79 Å². The smallest absolute Gasteiger partial charge is 0.411 e. The van der Waals surface area contributed by atoms with Gasteiger partial charge in [0.1, 0.15) is 12.4 Å². The van der Waals surface area contributed by atoms with Crippen LogP contribution in [0.15, 0.2) is 72.8 Å². The van der Waals surface area contributed by atoms with Crippen molar-refractivity contribution in [2.45, 2.75) is 38.2 Å². The summed E-state index contributed by atoms with van der Waals surface area (Å²) < 4.78 is 6.70. The lowest BCUT2D eigenvalue weighted by atomic mass is 9.98. The Morgan fingerprint density at radius 3 is 2.34 bits per heavy atom. The Kier molecular flexibility index (Phi) is 8.92. The Morgan fingerprint density at radius 2 is 1.66 bits per heavy atom. The molecule has 1 fully saturated rings. The van der Waals surface area contributed by atoms with Crippen LogP contribution in [0.3, 0.4) is 0 Å². The van der Waals surface area contributed by atoms with Crippen LogP contribution in [0, 0.1) is 0 Å². The van der Waals surface area contributed by atoms with Gasteiger partial charge in [-0.3, -0.25) is 14.9 Å². The number of likely N-dealkylation sites (tertiary alicyclic amines) is 1. The van der Waals surface area contributed by atoms with E-state index in [1.54, 1.807) is 24.3 Å². The molecule has 2 N–H and O–H groups in total. The number of piperidine rings is 1. The molecule has 198 valence electrons. The monoisotopic (exact) mass is 514 g/mol. The molecule has 2 amide bonds. The number of hydrogen-bond donors (Lipinski definition) is 2. The fourth-order valence-corrected chi connectivity index (χ4v) is 4.69. The highest BCUT2D eigenvalue weighted by Gasteiger charge is 2.28. The number of benzene rings is 3. The van der Waals surface area contributed by atoms with Crippen LogP contribution in [0.2, 0.25) is 0 Å². The zero-order chi connectivity index (χ0) is 27.0. The molecular formula is C31H36N3O4+. The number of ether oxygens (including phenoxy) is 1. The summed E-state index contributed by atoms with van der Waals surface area (Å²) in [4.78, 5) is 35.9. The first-order valence-electron chi connectivity index (χ1n) is 13.1. The first kappa shape index (κ1) is 27.1. The highest BCUT2D eigenvalue weighted by molar-refractivity contribution is 5.92. The summed E-state index contributed by atoms with van der Waals surface area (Å²) >= 11 is 0. The van der Waals surface area contributed by atoms with E-state index in [2.05, 4.69) is 30.8 Å². The van der Waals surface area contributed by atoms with Crippen molar-refractivity contribution in [2.75, 3.05) is 37.8 Å². The number of amides is 2. The largest absolute Gasteiger partial charge is 0.446 e. The van der Waals surface area contributed by atoms with Crippen LogP contribution in [-0.4, -0.2) is 56.1 Å². The van der Waals surface area contributed by atoms with Gasteiger partial charge in [0.15, 0.2) is 0 Å². The molecule has 0 unspecified atom stereocenters. The molecule has 0 atom stereocenters. The predicted molar refractivity (Wildman–Crippen MR) is 150 cm³/mol. The van der Waals surface area contributed by atoms with Crippen molar-refractivity contribution in [3.8, 4) is 11.1 Å². The molecule has 0 bridgehead atoms. The molecule has 4 rings (SSSR count). The quantitative estimate of drug-likeness (QED) is 0.274. The Hall–Kier alpha value is -3.97. The van der Waals surface area contributed by atoms with Crippen LogP contribution < -0.4 is 10.6 Å². The lowest BCUT2D eigenvalue weighted by molar-refractivity contribution is -0.896. The zero-order valence-corrected chi connectivity index (χ0v) is 22.1. The normalized spacial score (nSPS) is 14.9. The van der Waals surface area contributed by atoms with Crippen molar-refractivity contribution >= 4 is 29.7 Å². The van der Waals surface area contributed by atoms with E-state index in [9.17, 15) is 14.4 Å². The van der Waals surface area contributed by atoms with Gasteiger partial charge >= 0.3 is 6.09 Å². The number of anilines is 2. The summed E-state index contributed by atoms with van der Waals surface area (Å²) in [5, 5.41) is 5.83. The van der Waals surface area contributed by atoms with E-state index in [0.29, 0.717) is 29.8 Å². The maximum atomic E-state index is 12.7. The van der Waals surface area contributed by atoms with Gasteiger partial charge in [-0.2, -0.15) is 0 Å². The van der Waals surface area contributed by atoms with Gasteiger partial charge in [-0.15, -0.1) is 0 Å². The van der Waals surface area contributed by atoms with Crippen molar-refractivity contribution in [3.63, 3.8) is 0 Å². The molecule has 0 saturated carbocycles. The molecule has 38 heavy (non-hydrogen) atoms. The molecule has 7 nitrogen and oxygen atoms in total. The first-order chi connectivity index (χ1) is 18.3. The topological polar surface area (TPSA) is 84.5 Å². The second kappa shape index (κ2) is 12.5. The second-order valence-corrected chi connectivity index (χ2v) is 10.5. The van der Waals surface area contributed by atoms with Crippen molar-refractivity contribution in [1.29, 1.82) is 0 Å². The number of nitrogens with zero attached hydrogens (tertiary/aromatic N) is 1. The average molecular weight is 515 g/mol. The van der Waals surface area contributed by atoms with E-state index in [1.165, 1.54) is 0 Å². The molecule has 1 saturated heterocycles. The summed E-state index contributed by atoms with van der Waals surface area (Å²) in [7, 11) is 4.40.